The van der Waals surface area contributed by atoms with Gasteiger partial charge in [-0.2, -0.15) is 0 Å². The number of benzene rings is 1. The van der Waals surface area contributed by atoms with Crippen LogP contribution in [0.5, 0.6) is 11.5 Å². The summed E-state index contributed by atoms with van der Waals surface area (Å²) >= 11 is 0. The molecule has 0 amide bonds. The van der Waals surface area contributed by atoms with E-state index in [0.29, 0.717) is 11.5 Å². The van der Waals surface area contributed by atoms with E-state index in [0.717, 1.165) is 50.3 Å². The number of rotatable bonds is 4. The average Bonchev–Trinajstić information content (AvgIpc) is 2.40. The molecule has 1 fully saturated rings. The lowest BCUT2D eigenvalue weighted by molar-refractivity contribution is 0.243. The molecule has 0 unspecified atom stereocenters. The monoisotopic (exact) mass is 250 g/mol. The van der Waals surface area contributed by atoms with E-state index < -0.39 is 0 Å². The molecule has 2 rings (SSSR count). The molecule has 1 saturated heterocycles. The summed E-state index contributed by atoms with van der Waals surface area (Å²) in [4.78, 5) is 2.43. The highest BCUT2D eigenvalue weighted by atomic mass is 16.5. The Kier molecular flexibility index (Phi) is 4.44. The molecule has 1 aromatic carbocycles. The zero-order valence-corrected chi connectivity index (χ0v) is 11.2. The molecular formula is C14H22N2O2. The molecule has 0 spiro atoms. The summed E-state index contributed by atoms with van der Waals surface area (Å²) in [6, 6.07) is 3.82. The number of aryl methyl sites for hydroxylation is 1. The second kappa shape index (κ2) is 6.07. The van der Waals surface area contributed by atoms with Crippen LogP contribution in [0.4, 0.5) is 0 Å². The Morgan fingerprint density at radius 2 is 2.06 bits per heavy atom. The maximum atomic E-state index is 10.1. The van der Waals surface area contributed by atoms with Crippen LogP contribution in [-0.2, 0) is 6.42 Å². The number of hydrogen-bond acceptors (Lipinski definition) is 4. The minimum atomic E-state index is 0.299. The molecular weight excluding hydrogens is 228 g/mol. The van der Waals surface area contributed by atoms with Crippen molar-refractivity contribution in [2.45, 2.75) is 13.3 Å². The predicted molar refractivity (Wildman–Crippen MR) is 72.4 cm³/mol. The average molecular weight is 250 g/mol. The van der Waals surface area contributed by atoms with E-state index in [2.05, 4.69) is 10.2 Å². The Balaban J connectivity index is 2.03. The minimum absolute atomic E-state index is 0.299. The normalized spacial score (nSPS) is 16.8. The SMILES string of the molecule is COc1ccc(C)c(CCN2CCNCC2)c1O. The Hall–Kier alpha value is -1.26. The molecule has 0 radical (unpaired) electrons. The van der Waals surface area contributed by atoms with E-state index in [9.17, 15) is 5.11 Å². The molecule has 4 nitrogen and oxygen atoms in total. The van der Waals surface area contributed by atoms with Crippen LogP contribution in [0.3, 0.4) is 0 Å². The molecule has 0 saturated carbocycles. The summed E-state index contributed by atoms with van der Waals surface area (Å²) < 4.78 is 5.16. The van der Waals surface area contributed by atoms with E-state index in [1.54, 1.807) is 7.11 Å². The van der Waals surface area contributed by atoms with Crippen molar-refractivity contribution >= 4 is 0 Å². The Labute approximate surface area is 109 Å². The highest BCUT2D eigenvalue weighted by molar-refractivity contribution is 5.49. The van der Waals surface area contributed by atoms with Crippen LogP contribution in [0.25, 0.3) is 0 Å². The number of nitrogens with one attached hydrogen (secondary N) is 1. The van der Waals surface area contributed by atoms with Crippen molar-refractivity contribution in [2.24, 2.45) is 0 Å². The molecule has 4 heteroatoms. The van der Waals surface area contributed by atoms with E-state index >= 15 is 0 Å². The van der Waals surface area contributed by atoms with E-state index in [1.165, 1.54) is 0 Å². The van der Waals surface area contributed by atoms with Crippen molar-refractivity contribution in [3.05, 3.63) is 23.3 Å². The fourth-order valence-corrected chi connectivity index (χ4v) is 2.40. The number of piperazine rings is 1. The fraction of sp³-hybridized carbons (Fsp3) is 0.571. The van der Waals surface area contributed by atoms with Crippen molar-refractivity contribution in [1.29, 1.82) is 0 Å². The van der Waals surface area contributed by atoms with Gasteiger partial charge in [-0.05, 0) is 25.0 Å². The van der Waals surface area contributed by atoms with Gasteiger partial charge in [0, 0.05) is 38.3 Å². The van der Waals surface area contributed by atoms with Gasteiger partial charge in [-0.1, -0.05) is 6.07 Å². The second-order valence-corrected chi connectivity index (χ2v) is 4.75. The Bertz CT molecular complexity index is 401. The first-order valence-corrected chi connectivity index (χ1v) is 6.51. The number of methoxy groups -OCH3 is 1. The molecule has 0 aliphatic carbocycles. The molecule has 100 valence electrons. The van der Waals surface area contributed by atoms with Crippen molar-refractivity contribution < 1.29 is 9.84 Å². The van der Waals surface area contributed by atoms with Gasteiger partial charge in [-0.15, -0.1) is 0 Å². The Morgan fingerprint density at radius 1 is 1.33 bits per heavy atom. The summed E-state index contributed by atoms with van der Waals surface area (Å²) in [5.74, 6) is 0.864. The van der Waals surface area contributed by atoms with Crippen LogP contribution in [0.1, 0.15) is 11.1 Å². The van der Waals surface area contributed by atoms with Gasteiger partial charge in [0.1, 0.15) is 0 Å². The van der Waals surface area contributed by atoms with Crippen molar-refractivity contribution in [3.63, 3.8) is 0 Å². The van der Waals surface area contributed by atoms with Crippen molar-refractivity contribution in [1.82, 2.24) is 10.2 Å². The molecule has 1 aliphatic heterocycles. The largest absolute Gasteiger partial charge is 0.504 e. The molecule has 0 aromatic heterocycles. The first-order valence-electron chi connectivity index (χ1n) is 6.51. The summed E-state index contributed by atoms with van der Waals surface area (Å²) in [6.45, 7) is 7.31. The van der Waals surface area contributed by atoms with Gasteiger partial charge in [-0.3, -0.25) is 0 Å². The lowest BCUT2D eigenvalue weighted by Gasteiger charge is -2.27. The number of ether oxygens (including phenoxy) is 1. The van der Waals surface area contributed by atoms with Crippen LogP contribution >= 0.6 is 0 Å². The highest BCUT2D eigenvalue weighted by Gasteiger charge is 2.14. The topological polar surface area (TPSA) is 44.7 Å². The molecule has 2 N–H and O–H groups in total. The summed E-state index contributed by atoms with van der Waals surface area (Å²) in [6.07, 6.45) is 0.870. The minimum Gasteiger partial charge on any atom is -0.504 e. The number of phenolic OH excluding ortho intramolecular Hbond substituents is 1. The van der Waals surface area contributed by atoms with Gasteiger partial charge >= 0.3 is 0 Å². The van der Waals surface area contributed by atoms with E-state index in [-0.39, 0.29) is 0 Å². The number of aromatic hydroxyl groups is 1. The summed E-state index contributed by atoms with van der Waals surface area (Å²) in [7, 11) is 1.59. The quantitative estimate of drug-likeness (QED) is 0.841. The van der Waals surface area contributed by atoms with Crippen LogP contribution < -0.4 is 10.1 Å². The number of phenols is 1. The maximum Gasteiger partial charge on any atom is 0.161 e. The number of hydrogen-bond donors (Lipinski definition) is 2. The van der Waals surface area contributed by atoms with Gasteiger partial charge in [0.25, 0.3) is 0 Å². The van der Waals surface area contributed by atoms with E-state index in [4.69, 9.17) is 4.74 Å². The molecule has 1 heterocycles. The summed E-state index contributed by atoms with van der Waals surface area (Å²) in [5, 5.41) is 13.5. The first-order chi connectivity index (χ1) is 8.72. The molecule has 18 heavy (non-hydrogen) atoms. The van der Waals surface area contributed by atoms with Gasteiger partial charge in [0.2, 0.25) is 0 Å². The van der Waals surface area contributed by atoms with Crippen LogP contribution in [0.2, 0.25) is 0 Å². The van der Waals surface area contributed by atoms with Crippen LogP contribution in [0, 0.1) is 6.92 Å². The zero-order chi connectivity index (χ0) is 13.0. The van der Waals surface area contributed by atoms with Gasteiger partial charge in [0.15, 0.2) is 11.5 Å². The molecule has 1 aromatic rings. The molecule has 0 bridgehead atoms. The standard InChI is InChI=1S/C14H22N2O2/c1-11-3-4-13(18-2)14(17)12(11)5-8-16-9-6-15-7-10-16/h3-4,15,17H,5-10H2,1-2H3. The number of nitrogens with zero attached hydrogens (tertiary/aromatic N) is 1. The van der Waals surface area contributed by atoms with E-state index in [1.807, 2.05) is 19.1 Å². The van der Waals surface area contributed by atoms with Gasteiger partial charge in [-0.25, -0.2) is 0 Å². The first kappa shape index (κ1) is 13.2. The third-order valence-corrected chi connectivity index (χ3v) is 3.59. The second-order valence-electron chi connectivity index (χ2n) is 4.75. The Morgan fingerprint density at radius 3 is 2.72 bits per heavy atom. The maximum absolute atomic E-state index is 10.1. The van der Waals surface area contributed by atoms with Crippen LogP contribution in [-0.4, -0.2) is 49.8 Å². The lowest BCUT2D eigenvalue weighted by Crippen LogP contribution is -2.44. The zero-order valence-electron chi connectivity index (χ0n) is 11.2. The third kappa shape index (κ3) is 2.94. The third-order valence-electron chi connectivity index (χ3n) is 3.59. The van der Waals surface area contributed by atoms with Crippen LogP contribution in [0.15, 0.2) is 12.1 Å². The lowest BCUT2D eigenvalue weighted by atomic mass is 10.0. The summed E-state index contributed by atoms with van der Waals surface area (Å²) in [5.41, 5.74) is 2.14. The van der Waals surface area contributed by atoms with Crippen molar-refractivity contribution in [3.8, 4) is 11.5 Å². The molecule has 0 atom stereocenters. The molecule has 1 aliphatic rings. The highest BCUT2D eigenvalue weighted by Crippen LogP contribution is 2.32. The van der Waals surface area contributed by atoms with Crippen molar-refractivity contribution in [2.75, 3.05) is 39.8 Å². The fourth-order valence-electron chi connectivity index (χ4n) is 2.40. The smallest absolute Gasteiger partial charge is 0.161 e. The van der Waals surface area contributed by atoms with Gasteiger partial charge < -0.3 is 20.1 Å². The van der Waals surface area contributed by atoms with Gasteiger partial charge in [0.05, 0.1) is 7.11 Å². The predicted octanol–water partition coefficient (Wildman–Crippen LogP) is 1.16.